The zero-order chi connectivity index (χ0) is 18.1. The van der Waals surface area contributed by atoms with Crippen molar-refractivity contribution in [1.29, 1.82) is 0 Å². The molecule has 0 saturated heterocycles. The molecular formula is C20H24N2O3. The minimum atomic E-state index is -0.173. The maximum atomic E-state index is 12.0. The van der Waals surface area contributed by atoms with Gasteiger partial charge in [0, 0.05) is 24.6 Å². The molecule has 2 amide bonds. The van der Waals surface area contributed by atoms with Gasteiger partial charge in [0.15, 0.2) is 0 Å². The highest BCUT2D eigenvalue weighted by Gasteiger charge is 2.07. The van der Waals surface area contributed by atoms with Crippen LogP contribution in [0.15, 0.2) is 54.6 Å². The molecule has 2 rings (SSSR count). The number of hydrogen-bond donors (Lipinski definition) is 2. The van der Waals surface area contributed by atoms with Crippen LogP contribution in [0.1, 0.15) is 29.8 Å². The molecule has 0 saturated carbocycles. The van der Waals surface area contributed by atoms with E-state index in [-0.39, 0.29) is 17.7 Å². The van der Waals surface area contributed by atoms with Crippen LogP contribution in [0.4, 0.5) is 0 Å². The molecule has 0 spiro atoms. The van der Waals surface area contributed by atoms with Crippen LogP contribution in [0.2, 0.25) is 0 Å². The van der Waals surface area contributed by atoms with Gasteiger partial charge in [-0.2, -0.15) is 0 Å². The SMILES string of the molecule is CC(C)C(=O)NCCNC(=O)c1ccc(OCc2ccccc2)cc1. The third-order valence-electron chi connectivity index (χ3n) is 3.60. The summed E-state index contributed by atoms with van der Waals surface area (Å²) < 4.78 is 5.69. The van der Waals surface area contributed by atoms with Gasteiger partial charge in [0.1, 0.15) is 12.4 Å². The second-order valence-electron chi connectivity index (χ2n) is 6.00. The normalized spacial score (nSPS) is 10.4. The molecule has 132 valence electrons. The zero-order valence-corrected chi connectivity index (χ0v) is 14.6. The highest BCUT2D eigenvalue weighted by molar-refractivity contribution is 5.94. The Morgan fingerprint density at radius 3 is 2.20 bits per heavy atom. The number of carbonyl (C=O) groups is 2. The summed E-state index contributed by atoms with van der Waals surface area (Å²) in [5, 5.41) is 5.53. The number of benzene rings is 2. The Hall–Kier alpha value is -2.82. The lowest BCUT2D eigenvalue weighted by molar-refractivity contribution is -0.123. The van der Waals surface area contributed by atoms with Gasteiger partial charge in [-0.15, -0.1) is 0 Å². The number of amides is 2. The molecule has 0 bridgehead atoms. The van der Waals surface area contributed by atoms with Crippen LogP contribution in [-0.2, 0) is 11.4 Å². The van der Waals surface area contributed by atoms with Crippen LogP contribution < -0.4 is 15.4 Å². The van der Waals surface area contributed by atoms with Gasteiger partial charge in [-0.25, -0.2) is 0 Å². The van der Waals surface area contributed by atoms with Gasteiger partial charge in [0.25, 0.3) is 5.91 Å². The summed E-state index contributed by atoms with van der Waals surface area (Å²) in [5.41, 5.74) is 1.65. The van der Waals surface area contributed by atoms with Gasteiger partial charge in [-0.05, 0) is 29.8 Å². The van der Waals surface area contributed by atoms with E-state index in [1.165, 1.54) is 0 Å². The quantitative estimate of drug-likeness (QED) is 0.726. The van der Waals surface area contributed by atoms with Crippen molar-refractivity contribution in [3.63, 3.8) is 0 Å². The van der Waals surface area contributed by atoms with E-state index in [0.29, 0.717) is 31.0 Å². The number of rotatable bonds is 8. The molecule has 0 fully saturated rings. The van der Waals surface area contributed by atoms with Gasteiger partial charge in [-0.1, -0.05) is 44.2 Å². The Morgan fingerprint density at radius 2 is 1.56 bits per heavy atom. The van der Waals surface area contributed by atoms with Gasteiger partial charge in [0.05, 0.1) is 0 Å². The van der Waals surface area contributed by atoms with Crippen LogP contribution in [0, 0.1) is 5.92 Å². The summed E-state index contributed by atoms with van der Waals surface area (Å²) in [5.74, 6) is 0.464. The Morgan fingerprint density at radius 1 is 0.920 bits per heavy atom. The van der Waals surface area contributed by atoms with Crippen LogP contribution in [0.25, 0.3) is 0 Å². The monoisotopic (exact) mass is 340 g/mol. The van der Waals surface area contributed by atoms with E-state index >= 15 is 0 Å². The van der Waals surface area contributed by atoms with E-state index < -0.39 is 0 Å². The second kappa shape index (κ2) is 9.47. The van der Waals surface area contributed by atoms with Crippen LogP contribution in [0.3, 0.4) is 0 Å². The van der Waals surface area contributed by atoms with E-state index in [4.69, 9.17) is 4.74 Å². The van der Waals surface area contributed by atoms with Crippen molar-refractivity contribution in [2.45, 2.75) is 20.5 Å². The molecule has 0 aliphatic carbocycles. The lowest BCUT2D eigenvalue weighted by Gasteiger charge is -2.09. The van der Waals surface area contributed by atoms with Crippen molar-refractivity contribution in [2.24, 2.45) is 5.92 Å². The smallest absolute Gasteiger partial charge is 0.251 e. The fraction of sp³-hybridized carbons (Fsp3) is 0.300. The minimum absolute atomic E-state index is 0.0193. The maximum Gasteiger partial charge on any atom is 0.251 e. The van der Waals surface area contributed by atoms with Gasteiger partial charge >= 0.3 is 0 Å². The average molecular weight is 340 g/mol. The molecule has 2 aromatic rings. The standard InChI is InChI=1S/C20H24N2O3/c1-15(2)19(23)21-12-13-22-20(24)17-8-10-18(11-9-17)25-14-16-6-4-3-5-7-16/h3-11,15H,12-14H2,1-2H3,(H,21,23)(H,22,24). The first-order valence-corrected chi connectivity index (χ1v) is 8.39. The van der Waals surface area contributed by atoms with Crippen LogP contribution >= 0.6 is 0 Å². The summed E-state index contributed by atoms with van der Waals surface area (Å²) in [6.07, 6.45) is 0. The lowest BCUT2D eigenvalue weighted by atomic mass is 10.2. The molecule has 0 aliphatic heterocycles. The molecule has 5 nitrogen and oxygen atoms in total. The molecule has 5 heteroatoms. The van der Waals surface area contributed by atoms with Gasteiger partial charge < -0.3 is 15.4 Å². The van der Waals surface area contributed by atoms with Gasteiger partial charge in [0.2, 0.25) is 5.91 Å². The number of carbonyl (C=O) groups excluding carboxylic acids is 2. The fourth-order valence-corrected chi connectivity index (χ4v) is 2.11. The molecule has 0 aromatic heterocycles. The molecule has 2 aromatic carbocycles. The molecule has 0 aliphatic rings. The minimum Gasteiger partial charge on any atom is -0.489 e. The molecule has 25 heavy (non-hydrogen) atoms. The first kappa shape index (κ1) is 18.5. The van der Waals surface area contributed by atoms with Crippen molar-refractivity contribution < 1.29 is 14.3 Å². The largest absolute Gasteiger partial charge is 0.489 e. The lowest BCUT2D eigenvalue weighted by Crippen LogP contribution is -2.36. The number of hydrogen-bond acceptors (Lipinski definition) is 3. The zero-order valence-electron chi connectivity index (χ0n) is 14.6. The molecule has 0 radical (unpaired) electrons. The Kier molecular flexibility index (Phi) is 7.01. The predicted molar refractivity (Wildman–Crippen MR) is 97.4 cm³/mol. The first-order valence-electron chi connectivity index (χ1n) is 8.39. The van der Waals surface area contributed by atoms with Crippen molar-refractivity contribution in [3.05, 3.63) is 65.7 Å². The Bertz CT molecular complexity index is 682. The summed E-state index contributed by atoms with van der Waals surface area (Å²) in [4.78, 5) is 23.5. The third-order valence-corrected chi connectivity index (χ3v) is 3.60. The highest BCUT2D eigenvalue weighted by Crippen LogP contribution is 2.14. The number of nitrogens with one attached hydrogen (secondary N) is 2. The van der Waals surface area contributed by atoms with Crippen LogP contribution in [-0.4, -0.2) is 24.9 Å². The van der Waals surface area contributed by atoms with E-state index in [1.807, 2.05) is 44.2 Å². The summed E-state index contributed by atoms with van der Waals surface area (Å²) in [6.45, 7) is 4.96. The fourth-order valence-electron chi connectivity index (χ4n) is 2.11. The van der Waals surface area contributed by atoms with Crippen LogP contribution in [0.5, 0.6) is 5.75 Å². The number of ether oxygens (including phenoxy) is 1. The summed E-state index contributed by atoms with van der Waals surface area (Å²) >= 11 is 0. The van der Waals surface area contributed by atoms with Crippen molar-refractivity contribution in [2.75, 3.05) is 13.1 Å². The van der Waals surface area contributed by atoms with Crippen molar-refractivity contribution in [1.82, 2.24) is 10.6 Å². The first-order chi connectivity index (χ1) is 12.1. The van der Waals surface area contributed by atoms with E-state index in [0.717, 1.165) is 5.56 Å². The second-order valence-corrected chi connectivity index (χ2v) is 6.00. The maximum absolute atomic E-state index is 12.0. The summed E-state index contributed by atoms with van der Waals surface area (Å²) in [6, 6.07) is 16.9. The average Bonchev–Trinajstić information content (AvgIpc) is 2.64. The Labute approximate surface area is 148 Å². The molecule has 0 unspecified atom stereocenters. The highest BCUT2D eigenvalue weighted by atomic mass is 16.5. The Balaban J connectivity index is 1.75. The predicted octanol–water partition coefficient (Wildman–Crippen LogP) is 2.77. The third kappa shape index (κ3) is 6.30. The van der Waals surface area contributed by atoms with E-state index in [2.05, 4.69) is 10.6 Å². The van der Waals surface area contributed by atoms with Crippen molar-refractivity contribution >= 4 is 11.8 Å². The topological polar surface area (TPSA) is 67.4 Å². The molecule has 0 atom stereocenters. The molecule has 0 heterocycles. The molecule has 2 N–H and O–H groups in total. The van der Waals surface area contributed by atoms with Crippen molar-refractivity contribution in [3.8, 4) is 5.75 Å². The van der Waals surface area contributed by atoms with E-state index in [9.17, 15) is 9.59 Å². The summed E-state index contributed by atoms with van der Waals surface area (Å²) in [7, 11) is 0. The molecular weight excluding hydrogens is 316 g/mol. The van der Waals surface area contributed by atoms with Gasteiger partial charge in [-0.3, -0.25) is 9.59 Å². The van der Waals surface area contributed by atoms with E-state index in [1.54, 1.807) is 24.3 Å².